The SMILES string of the molecule is O=C(Cc1ccccc1F)NCC(=O)Nc1ccc(Br)cc1. The number of carbonyl (C=O) groups is 2. The van der Waals surface area contributed by atoms with Gasteiger partial charge in [-0.1, -0.05) is 34.1 Å². The second-order valence-corrected chi connectivity index (χ2v) is 5.52. The van der Waals surface area contributed by atoms with E-state index in [-0.39, 0.29) is 18.9 Å². The number of hydrogen-bond acceptors (Lipinski definition) is 2. The van der Waals surface area contributed by atoms with Gasteiger partial charge in [0.05, 0.1) is 13.0 Å². The predicted molar refractivity (Wildman–Crippen MR) is 85.9 cm³/mol. The van der Waals surface area contributed by atoms with E-state index in [1.165, 1.54) is 12.1 Å². The molecule has 2 amide bonds. The second kappa shape index (κ2) is 7.70. The molecule has 2 N–H and O–H groups in total. The molecule has 0 unspecified atom stereocenters. The van der Waals surface area contributed by atoms with Crippen molar-refractivity contribution in [2.45, 2.75) is 6.42 Å². The van der Waals surface area contributed by atoms with Gasteiger partial charge in [0.2, 0.25) is 11.8 Å². The van der Waals surface area contributed by atoms with Crippen molar-refractivity contribution < 1.29 is 14.0 Å². The average molecular weight is 365 g/mol. The summed E-state index contributed by atoms with van der Waals surface area (Å²) in [7, 11) is 0. The number of halogens is 2. The summed E-state index contributed by atoms with van der Waals surface area (Å²) in [5.74, 6) is -1.18. The maximum atomic E-state index is 13.4. The van der Waals surface area contributed by atoms with Gasteiger partial charge in [-0.2, -0.15) is 0 Å². The first-order valence-electron chi connectivity index (χ1n) is 6.60. The molecule has 0 aliphatic carbocycles. The fourth-order valence-electron chi connectivity index (χ4n) is 1.79. The number of nitrogens with one attached hydrogen (secondary N) is 2. The minimum Gasteiger partial charge on any atom is -0.347 e. The minimum atomic E-state index is -0.433. The summed E-state index contributed by atoms with van der Waals surface area (Å²) in [6.45, 7) is -0.163. The summed E-state index contributed by atoms with van der Waals surface area (Å²) in [5, 5.41) is 5.11. The van der Waals surface area contributed by atoms with Crippen LogP contribution in [0.2, 0.25) is 0 Å². The van der Waals surface area contributed by atoms with Crippen LogP contribution in [0.25, 0.3) is 0 Å². The number of anilines is 1. The van der Waals surface area contributed by atoms with Crippen LogP contribution in [0.3, 0.4) is 0 Å². The van der Waals surface area contributed by atoms with Gasteiger partial charge in [0.15, 0.2) is 0 Å². The average Bonchev–Trinajstić information content (AvgIpc) is 2.50. The van der Waals surface area contributed by atoms with Crippen molar-refractivity contribution >= 4 is 33.4 Å². The van der Waals surface area contributed by atoms with Gasteiger partial charge >= 0.3 is 0 Å². The molecule has 4 nitrogen and oxygen atoms in total. The Hall–Kier alpha value is -2.21. The highest BCUT2D eigenvalue weighted by Crippen LogP contribution is 2.13. The molecular formula is C16H14BrFN2O2. The van der Waals surface area contributed by atoms with Gasteiger partial charge < -0.3 is 10.6 Å². The third kappa shape index (κ3) is 4.96. The lowest BCUT2D eigenvalue weighted by Gasteiger charge is -2.07. The molecule has 0 spiro atoms. The normalized spacial score (nSPS) is 10.1. The molecule has 0 aliphatic heterocycles. The lowest BCUT2D eigenvalue weighted by Crippen LogP contribution is -2.33. The standard InChI is InChI=1S/C16H14BrFN2O2/c17-12-5-7-13(8-6-12)20-16(22)10-19-15(21)9-11-3-1-2-4-14(11)18/h1-8H,9-10H2,(H,19,21)(H,20,22). The van der Waals surface area contributed by atoms with Gasteiger partial charge in [-0.3, -0.25) is 9.59 Å². The van der Waals surface area contributed by atoms with Crippen LogP contribution in [0, 0.1) is 5.82 Å². The van der Waals surface area contributed by atoms with E-state index in [0.29, 0.717) is 11.3 Å². The minimum absolute atomic E-state index is 0.0990. The van der Waals surface area contributed by atoms with Gasteiger partial charge in [-0.25, -0.2) is 4.39 Å². The summed E-state index contributed by atoms with van der Waals surface area (Å²) >= 11 is 3.30. The Morgan fingerprint density at radius 1 is 1.00 bits per heavy atom. The monoisotopic (exact) mass is 364 g/mol. The molecular weight excluding hydrogens is 351 g/mol. The Kier molecular flexibility index (Phi) is 5.66. The lowest BCUT2D eigenvalue weighted by molar-refractivity contribution is -0.123. The van der Waals surface area contributed by atoms with E-state index < -0.39 is 11.7 Å². The highest BCUT2D eigenvalue weighted by Gasteiger charge is 2.09. The molecule has 0 atom stereocenters. The van der Waals surface area contributed by atoms with Crippen molar-refractivity contribution in [3.63, 3.8) is 0 Å². The molecule has 2 aromatic rings. The van der Waals surface area contributed by atoms with E-state index in [1.54, 1.807) is 36.4 Å². The zero-order valence-electron chi connectivity index (χ0n) is 11.6. The molecule has 0 saturated carbocycles. The third-order valence-electron chi connectivity index (χ3n) is 2.88. The molecule has 0 aliphatic rings. The van der Waals surface area contributed by atoms with E-state index in [1.807, 2.05) is 0 Å². The first-order valence-corrected chi connectivity index (χ1v) is 7.39. The molecule has 6 heteroatoms. The molecule has 0 fully saturated rings. The Morgan fingerprint density at radius 3 is 2.36 bits per heavy atom. The molecule has 0 saturated heterocycles. The van der Waals surface area contributed by atoms with Crippen LogP contribution in [0.15, 0.2) is 53.0 Å². The van der Waals surface area contributed by atoms with Crippen LogP contribution in [-0.4, -0.2) is 18.4 Å². The van der Waals surface area contributed by atoms with Gasteiger partial charge in [-0.05, 0) is 35.9 Å². The summed E-state index contributed by atoms with van der Waals surface area (Å²) in [6.07, 6.45) is -0.0990. The first kappa shape index (κ1) is 16.2. The summed E-state index contributed by atoms with van der Waals surface area (Å²) in [5.41, 5.74) is 0.935. The van der Waals surface area contributed by atoms with E-state index >= 15 is 0 Å². The maximum absolute atomic E-state index is 13.4. The van der Waals surface area contributed by atoms with Crippen molar-refractivity contribution in [3.05, 3.63) is 64.4 Å². The fraction of sp³-hybridized carbons (Fsp3) is 0.125. The third-order valence-corrected chi connectivity index (χ3v) is 3.41. The Labute approximate surface area is 135 Å². The lowest BCUT2D eigenvalue weighted by atomic mass is 10.1. The zero-order valence-corrected chi connectivity index (χ0v) is 13.2. The first-order chi connectivity index (χ1) is 10.5. The largest absolute Gasteiger partial charge is 0.347 e. The number of benzene rings is 2. The van der Waals surface area contributed by atoms with Crippen LogP contribution >= 0.6 is 15.9 Å². The summed E-state index contributed by atoms with van der Waals surface area (Å²) in [4.78, 5) is 23.4. The molecule has 0 bridgehead atoms. The van der Waals surface area contributed by atoms with Crippen molar-refractivity contribution in [2.75, 3.05) is 11.9 Å². The molecule has 0 heterocycles. The van der Waals surface area contributed by atoms with Crippen LogP contribution in [0.5, 0.6) is 0 Å². The molecule has 114 valence electrons. The summed E-state index contributed by atoms with van der Waals surface area (Å²) in [6, 6.07) is 13.1. The number of rotatable bonds is 5. The van der Waals surface area contributed by atoms with Crippen LogP contribution < -0.4 is 10.6 Å². The smallest absolute Gasteiger partial charge is 0.243 e. The van der Waals surface area contributed by atoms with Gasteiger partial charge in [0.25, 0.3) is 0 Å². The van der Waals surface area contributed by atoms with E-state index in [2.05, 4.69) is 26.6 Å². The maximum Gasteiger partial charge on any atom is 0.243 e. The topological polar surface area (TPSA) is 58.2 Å². The van der Waals surface area contributed by atoms with E-state index in [4.69, 9.17) is 0 Å². The Morgan fingerprint density at radius 2 is 1.68 bits per heavy atom. The van der Waals surface area contributed by atoms with Crippen LogP contribution in [0.4, 0.5) is 10.1 Å². The highest BCUT2D eigenvalue weighted by molar-refractivity contribution is 9.10. The van der Waals surface area contributed by atoms with Crippen molar-refractivity contribution in [1.29, 1.82) is 0 Å². The number of carbonyl (C=O) groups excluding carboxylic acids is 2. The quantitative estimate of drug-likeness (QED) is 0.856. The van der Waals surface area contributed by atoms with Crippen molar-refractivity contribution in [3.8, 4) is 0 Å². The predicted octanol–water partition coefficient (Wildman–Crippen LogP) is 2.89. The van der Waals surface area contributed by atoms with Crippen LogP contribution in [0.1, 0.15) is 5.56 Å². The Bertz CT molecular complexity index is 674. The van der Waals surface area contributed by atoms with Crippen LogP contribution in [-0.2, 0) is 16.0 Å². The molecule has 2 rings (SSSR count). The van der Waals surface area contributed by atoms with Gasteiger partial charge in [0.1, 0.15) is 5.82 Å². The summed E-state index contributed by atoms with van der Waals surface area (Å²) < 4.78 is 14.3. The van der Waals surface area contributed by atoms with Crippen molar-refractivity contribution in [1.82, 2.24) is 5.32 Å². The fourth-order valence-corrected chi connectivity index (χ4v) is 2.06. The highest BCUT2D eigenvalue weighted by atomic mass is 79.9. The number of hydrogen-bond donors (Lipinski definition) is 2. The second-order valence-electron chi connectivity index (χ2n) is 4.60. The Balaban J connectivity index is 1.79. The zero-order chi connectivity index (χ0) is 15.9. The molecule has 0 aromatic heterocycles. The van der Waals surface area contributed by atoms with E-state index in [0.717, 1.165) is 4.47 Å². The molecule has 2 aromatic carbocycles. The van der Waals surface area contributed by atoms with E-state index in [9.17, 15) is 14.0 Å². The number of amides is 2. The molecule has 22 heavy (non-hydrogen) atoms. The molecule has 0 radical (unpaired) electrons. The van der Waals surface area contributed by atoms with Gasteiger partial charge in [0, 0.05) is 10.2 Å². The van der Waals surface area contributed by atoms with Crippen molar-refractivity contribution in [2.24, 2.45) is 0 Å². The van der Waals surface area contributed by atoms with Gasteiger partial charge in [-0.15, -0.1) is 0 Å².